The number of hydrogen-bond donors (Lipinski definition) is 1. The van der Waals surface area contributed by atoms with E-state index in [-0.39, 0.29) is 5.56 Å². The molecule has 0 aliphatic carbocycles. The Balaban J connectivity index is 1.98. The number of rotatable bonds is 6. The first-order valence-electron chi connectivity index (χ1n) is 8.34. The number of benzene rings is 2. The quantitative estimate of drug-likeness (QED) is 0.536. The van der Waals surface area contributed by atoms with Crippen LogP contribution in [0.1, 0.15) is 22.8 Å². The van der Waals surface area contributed by atoms with E-state index in [1.165, 1.54) is 0 Å². The minimum Gasteiger partial charge on any atom is -0.492 e. The van der Waals surface area contributed by atoms with Crippen LogP contribution in [0.5, 0.6) is 5.75 Å². The standard InChI is InChI=1S/C21H19NO4/c1-3-8-14-9-7-10-15-13-16(21(24)26-19(14)15)20(23)22-17-11-5-6-12-18(17)25-4-2/h3,5-7,9-13H,1,4,8H2,2H3,(H,22,23). The summed E-state index contributed by atoms with van der Waals surface area (Å²) in [5.74, 6) is 0.00345. The topological polar surface area (TPSA) is 68.5 Å². The number of nitrogens with one attached hydrogen (secondary N) is 1. The average molecular weight is 349 g/mol. The highest BCUT2D eigenvalue weighted by molar-refractivity contribution is 6.06. The van der Waals surface area contributed by atoms with Crippen LogP contribution in [0.25, 0.3) is 11.0 Å². The van der Waals surface area contributed by atoms with Crippen LogP contribution in [0.4, 0.5) is 5.69 Å². The van der Waals surface area contributed by atoms with Crippen LogP contribution in [0.2, 0.25) is 0 Å². The van der Waals surface area contributed by atoms with Crippen LogP contribution in [-0.4, -0.2) is 12.5 Å². The zero-order valence-electron chi connectivity index (χ0n) is 14.5. The van der Waals surface area contributed by atoms with Gasteiger partial charge in [0.25, 0.3) is 5.91 Å². The number of allylic oxidation sites excluding steroid dienone is 1. The first-order valence-corrected chi connectivity index (χ1v) is 8.34. The molecule has 132 valence electrons. The Morgan fingerprint density at radius 1 is 1.23 bits per heavy atom. The van der Waals surface area contributed by atoms with Gasteiger partial charge in [-0.3, -0.25) is 4.79 Å². The molecule has 0 spiro atoms. The highest BCUT2D eigenvalue weighted by atomic mass is 16.5. The maximum absolute atomic E-state index is 12.6. The van der Waals surface area contributed by atoms with Crippen molar-refractivity contribution < 1.29 is 13.9 Å². The maximum Gasteiger partial charge on any atom is 0.349 e. The number of fused-ring (bicyclic) bond motifs is 1. The van der Waals surface area contributed by atoms with E-state index in [4.69, 9.17) is 9.15 Å². The molecule has 0 fully saturated rings. The molecule has 5 heteroatoms. The molecule has 0 bridgehead atoms. The molecule has 1 aromatic heterocycles. The summed E-state index contributed by atoms with van der Waals surface area (Å²) < 4.78 is 10.9. The first-order chi connectivity index (χ1) is 12.6. The average Bonchev–Trinajstić information content (AvgIpc) is 2.64. The van der Waals surface area contributed by atoms with Crippen molar-refractivity contribution in [2.24, 2.45) is 0 Å². The van der Waals surface area contributed by atoms with Crippen LogP contribution in [0.15, 0.2) is 70.4 Å². The molecule has 0 aliphatic heterocycles. The van der Waals surface area contributed by atoms with E-state index in [0.29, 0.717) is 35.4 Å². The second-order valence-electron chi connectivity index (χ2n) is 5.66. The van der Waals surface area contributed by atoms with Gasteiger partial charge in [0.1, 0.15) is 16.9 Å². The van der Waals surface area contributed by atoms with Crippen LogP contribution >= 0.6 is 0 Å². The Morgan fingerprint density at radius 2 is 2.04 bits per heavy atom. The van der Waals surface area contributed by atoms with Gasteiger partial charge in [-0.25, -0.2) is 4.79 Å². The number of hydrogen-bond acceptors (Lipinski definition) is 4. The van der Waals surface area contributed by atoms with Gasteiger partial charge in [0.05, 0.1) is 12.3 Å². The van der Waals surface area contributed by atoms with E-state index in [0.717, 1.165) is 5.56 Å². The minimum atomic E-state index is -0.680. The van der Waals surface area contributed by atoms with Crippen molar-refractivity contribution in [1.82, 2.24) is 0 Å². The van der Waals surface area contributed by atoms with Gasteiger partial charge in [-0.2, -0.15) is 0 Å². The fraction of sp³-hybridized carbons (Fsp3) is 0.143. The second-order valence-corrected chi connectivity index (χ2v) is 5.66. The number of carbonyl (C=O) groups is 1. The third-order valence-electron chi connectivity index (χ3n) is 3.89. The van der Waals surface area contributed by atoms with Gasteiger partial charge in [0.15, 0.2) is 0 Å². The van der Waals surface area contributed by atoms with Gasteiger partial charge in [0.2, 0.25) is 0 Å². The van der Waals surface area contributed by atoms with Crippen molar-refractivity contribution in [3.8, 4) is 5.75 Å². The lowest BCUT2D eigenvalue weighted by atomic mass is 10.1. The summed E-state index contributed by atoms with van der Waals surface area (Å²) in [6.07, 6.45) is 2.31. The number of para-hydroxylation sites is 3. The van der Waals surface area contributed by atoms with Gasteiger partial charge in [0, 0.05) is 5.39 Å². The van der Waals surface area contributed by atoms with Crippen LogP contribution in [-0.2, 0) is 6.42 Å². The zero-order valence-corrected chi connectivity index (χ0v) is 14.5. The molecule has 1 heterocycles. The largest absolute Gasteiger partial charge is 0.492 e. The lowest BCUT2D eigenvalue weighted by molar-refractivity contribution is 0.102. The normalized spacial score (nSPS) is 10.5. The SMILES string of the molecule is C=CCc1cccc2cc(C(=O)Nc3ccccc3OCC)c(=O)oc12. The van der Waals surface area contributed by atoms with Gasteiger partial charge in [-0.15, -0.1) is 6.58 Å². The molecule has 3 rings (SSSR count). The lowest BCUT2D eigenvalue weighted by Crippen LogP contribution is -2.21. The molecule has 2 aromatic carbocycles. The van der Waals surface area contributed by atoms with E-state index < -0.39 is 11.5 Å². The van der Waals surface area contributed by atoms with Crippen molar-refractivity contribution in [1.29, 1.82) is 0 Å². The van der Waals surface area contributed by atoms with Crippen LogP contribution in [0.3, 0.4) is 0 Å². The van der Waals surface area contributed by atoms with Crippen LogP contribution in [0, 0.1) is 0 Å². The predicted octanol–water partition coefficient (Wildman–Crippen LogP) is 4.17. The summed E-state index contributed by atoms with van der Waals surface area (Å²) in [4.78, 5) is 25.0. The molecular weight excluding hydrogens is 330 g/mol. The molecule has 0 saturated heterocycles. The van der Waals surface area contributed by atoms with Gasteiger partial charge in [-0.1, -0.05) is 36.4 Å². The molecule has 0 saturated carbocycles. The smallest absolute Gasteiger partial charge is 0.349 e. The molecule has 1 N–H and O–H groups in total. The van der Waals surface area contributed by atoms with E-state index in [1.54, 1.807) is 36.4 Å². The van der Waals surface area contributed by atoms with E-state index >= 15 is 0 Å². The molecule has 1 amide bonds. The Kier molecular flexibility index (Phi) is 5.17. The summed E-state index contributed by atoms with van der Waals surface area (Å²) in [6.45, 7) is 6.03. The lowest BCUT2D eigenvalue weighted by Gasteiger charge is -2.11. The predicted molar refractivity (Wildman–Crippen MR) is 102 cm³/mol. The highest BCUT2D eigenvalue weighted by Crippen LogP contribution is 2.25. The number of amides is 1. The summed E-state index contributed by atoms with van der Waals surface area (Å²) in [6, 6.07) is 14.1. The Labute approximate surface area is 150 Å². The molecule has 0 atom stereocenters. The monoisotopic (exact) mass is 349 g/mol. The van der Waals surface area contributed by atoms with E-state index in [1.807, 2.05) is 25.1 Å². The Morgan fingerprint density at radius 3 is 2.81 bits per heavy atom. The molecule has 0 aliphatic rings. The minimum absolute atomic E-state index is 0.0560. The zero-order chi connectivity index (χ0) is 18.5. The molecule has 26 heavy (non-hydrogen) atoms. The summed E-state index contributed by atoms with van der Waals surface area (Å²) >= 11 is 0. The maximum atomic E-state index is 12.6. The van der Waals surface area contributed by atoms with Crippen molar-refractivity contribution in [2.45, 2.75) is 13.3 Å². The molecule has 0 radical (unpaired) electrons. The molecular formula is C21H19NO4. The van der Waals surface area contributed by atoms with Crippen molar-refractivity contribution >= 4 is 22.6 Å². The number of anilines is 1. The van der Waals surface area contributed by atoms with E-state index in [2.05, 4.69) is 11.9 Å². The third kappa shape index (κ3) is 3.52. The van der Waals surface area contributed by atoms with E-state index in [9.17, 15) is 9.59 Å². The fourth-order valence-electron chi connectivity index (χ4n) is 2.72. The molecule has 5 nitrogen and oxygen atoms in total. The van der Waals surface area contributed by atoms with Crippen molar-refractivity contribution in [3.63, 3.8) is 0 Å². The van der Waals surface area contributed by atoms with Gasteiger partial charge >= 0.3 is 5.63 Å². The molecule has 3 aromatic rings. The van der Waals surface area contributed by atoms with Crippen molar-refractivity contribution in [2.75, 3.05) is 11.9 Å². The van der Waals surface area contributed by atoms with Crippen LogP contribution < -0.4 is 15.7 Å². The van der Waals surface area contributed by atoms with Crippen molar-refractivity contribution in [3.05, 3.63) is 82.7 Å². The number of ether oxygens (including phenoxy) is 1. The van der Waals surface area contributed by atoms with Gasteiger partial charge < -0.3 is 14.5 Å². The summed E-state index contributed by atoms with van der Waals surface area (Å²) in [7, 11) is 0. The highest BCUT2D eigenvalue weighted by Gasteiger charge is 2.16. The summed E-state index contributed by atoms with van der Waals surface area (Å²) in [5, 5.41) is 3.40. The first kappa shape index (κ1) is 17.5. The summed E-state index contributed by atoms with van der Waals surface area (Å²) in [5.41, 5.74) is 1.09. The second kappa shape index (κ2) is 7.70. The fourth-order valence-corrected chi connectivity index (χ4v) is 2.72. The third-order valence-corrected chi connectivity index (χ3v) is 3.89. The molecule has 0 unspecified atom stereocenters. The Hall–Kier alpha value is -3.34. The Bertz CT molecular complexity index is 1020. The van der Waals surface area contributed by atoms with Gasteiger partial charge in [-0.05, 0) is 37.1 Å². The number of carbonyl (C=O) groups excluding carboxylic acids is 1.